The van der Waals surface area contributed by atoms with E-state index in [0.29, 0.717) is 16.2 Å². The van der Waals surface area contributed by atoms with Crippen molar-refractivity contribution < 1.29 is 0 Å². The zero-order valence-corrected chi connectivity index (χ0v) is 18.4. The third kappa shape index (κ3) is 3.51. The summed E-state index contributed by atoms with van der Waals surface area (Å²) >= 11 is 0. The Morgan fingerprint density at radius 2 is 1.37 bits per heavy atom. The Hall–Kier alpha value is -0.780. The number of benzene rings is 1. The molecule has 0 saturated heterocycles. The maximum atomic E-state index is 2.63. The Kier molecular flexibility index (Phi) is 5.23. The summed E-state index contributed by atoms with van der Waals surface area (Å²) in [7, 11) is 0. The van der Waals surface area contributed by atoms with Crippen molar-refractivity contribution in [3.8, 4) is 0 Å². The number of rotatable bonds is 4. The van der Waals surface area contributed by atoms with Crippen molar-refractivity contribution in [1.29, 1.82) is 0 Å². The van der Waals surface area contributed by atoms with Crippen molar-refractivity contribution in [2.24, 2.45) is 17.3 Å². The highest BCUT2D eigenvalue weighted by Gasteiger charge is 2.52. The first kappa shape index (κ1) is 19.5. The molecule has 0 amide bonds. The lowest BCUT2D eigenvalue weighted by molar-refractivity contribution is 0.0994. The van der Waals surface area contributed by atoms with Crippen molar-refractivity contribution in [1.82, 2.24) is 0 Å². The highest BCUT2D eigenvalue weighted by atomic mass is 14.6. The SMILES string of the molecule is CC1(CC(C)(C)C2CCCCC2)CC(C)(C2CCCCC2)c2ccccc21. The van der Waals surface area contributed by atoms with E-state index in [0.717, 1.165) is 11.8 Å². The van der Waals surface area contributed by atoms with Crippen molar-refractivity contribution in [3.63, 3.8) is 0 Å². The van der Waals surface area contributed by atoms with Crippen molar-refractivity contribution >= 4 is 0 Å². The first-order chi connectivity index (χ1) is 12.9. The maximum absolute atomic E-state index is 2.63. The minimum atomic E-state index is 0.351. The molecule has 1 aromatic carbocycles. The van der Waals surface area contributed by atoms with Gasteiger partial charge in [-0.1, -0.05) is 90.5 Å². The molecule has 4 rings (SSSR count). The van der Waals surface area contributed by atoms with Gasteiger partial charge in [-0.25, -0.2) is 0 Å². The third-order valence-corrected chi connectivity index (χ3v) is 9.01. The second kappa shape index (κ2) is 7.23. The van der Waals surface area contributed by atoms with Crippen molar-refractivity contribution in [2.45, 2.75) is 116 Å². The van der Waals surface area contributed by atoms with Gasteiger partial charge in [0.15, 0.2) is 0 Å². The van der Waals surface area contributed by atoms with Gasteiger partial charge < -0.3 is 0 Å². The average Bonchev–Trinajstić information content (AvgIpc) is 2.91. The van der Waals surface area contributed by atoms with Gasteiger partial charge in [-0.05, 0) is 77.7 Å². The van der Waals surface area contributed by atoms with E-state index in [-0.39, 0.29) is 0 Å². The molecule has 3 aliphatic rings. The molecule has 2 atom stereocenters. The Morgan fingerprint density at radius 3 is 2.00 bits per heavy atom. The molecule has 0 aromatic heterocycles. The van der Waals surface area contributed by atoms with E-state index in [1.165, 1.54) is 77.0 Å². The molecule has 2 unspecified atom stereocenters. The first-order valence-electron chi connectivity index (χ1n) is 12.0. The largest absolute Gasteiger partial charge is 0.0620 e. The summed E-state index contributed by atoms with van der Waals surface area (Å²) in [6, 6.07) is 9.58. The summed E-state index contributed by atoms with van der Waals surface area (Å²) in [5, 5.41) is 0. The third-order valence-electron chi connectivity index (χ3n) is 9.01. The molecule has 2 saturated carbocycles. The van der Waals surface area contributed by atoms with Crippen LogP contribution >= 0.6 is 0 Å². The van der Waals surface area contributed by atoms with Crippen LogP contribution in [-0.4, -0.2) is 0 Å². The van der Waals surface area contributed by atoms with Gasteiger partial charge in [0.1, 0.15) is 0 Å². The predicted octanol–water partition coefficient (Wildman–Crippen LogP) is 8.18. The van der Waals surface area contributed by atoms with Gasteiger partial charge in [-0.15, -0.1) is 0 Å². The molecule has 0 N–H and O–H groups in total. The summed E-state index contributed by atoms with van der Waals surface area (Å²) in [5.74, 6) is 1.82. The lowest BCUT2D eigenvalue weighted by Crippen LogP contribution is -2.37. The molecule has 0 heteroatoms. The van der Waals surface area contributed by atoms with Crippen LogP contribution < -0.4 is 0 Å². The lowest BCUT2D eigenvalue weighted by atomic mass is 9.60. The van der Waals surface area contributed by atoms with E-state index in [1.54, 1.807) is 11.1 Å². The molecule has 150 valence electrons. The molecule has 1 aromatic rings. The maximum Gasteiger partial charge on any atom is -0.00357 e. The normalized spacial score (nSPS) is 33.2. The highest BCUT2D eigenvalue weighted by molar-refractivity contribution is 5.46. The van der Waals surface area contributed by atoms with Crippen LogP contribution in [0.4, 0.5) is 0 Å². The Balaban J connectivity index is 1.64. The fraction of sp³-hybridized carbons (Fsp3) is 0.778. The molecule has 0 nitrogen and oxygen atoms in total. The zero-order valence-electron chi connectivity index (χ0n) is 18.4. The van der Waals surface area contributed by atoms with Crippen LogP contribution in [0.15, 0.2) is 24.3 Å². The Bertz CT molecular complexity index is 640. The van der Waals surface area contributed by atoms with Gasteiger partial charge in [0.25, 0.3) is 0 Å². The van der Waals surface area contributed by atoms with Gasteiger partial charge in [0, 0.05) is 0 Å². The van der Waals surface area contributed by atoms with E-state index < -0.39 is 0 Å². The van der Waals surface area contributed by atoms with Gasteiger partial charge in [0.2, 0.25) is 0 Å². The number of hydrogen-bond acceptors (Lipinski definition) is 0. The minimum Gasteiger partial charge on any atom is -0.0620 e. The quantitative estimate of drug-likeness (QED) is 0.504. The van der Waals surface area contributed by atoms with Gasteiger partial charge in [0.05, 0.1) is 0 Å². The van der Waals surface area contributed by atoms with Crippen LogP contribution in [0, 0.1) is 17.3 Å². The fourth-order valence-electron chi connectivity index (χ4n) is 7.80. The number of fused-ring (bicyclic) bond motifs is 1. The van der Waals surface area contributed by atoms with E-state index in [1.807, 2.05) is 0 Å². The summed E-state index contributed by atoms with van der Waals surface area (Å²) < 4.78 is 0. The Morgan fingerprint density at radius 1 is 0.815 bits per heavy atom. The van der Waals surface area contributed by atoms with E-state index >= 15 is 0 Å². The van der Waals surface area contributed by atoms with Crippen LogP contribution in [0.25, 0.3) is 0 Å². The summed E-state index contributed by atoms with van der Waals surface area (Å²) in [4.78, 5) is 0. The molecule has 0 aliphatic heterocycles. The first-order valence-corrected chi connectivity index (χ1v) is 12.0. The molecule has 0 radical (unpaired) electrons. The zero-order chi connectivity index (χ0) is 19.1. The molecule has 27 heavy (non-hydrogen) atoms. The van der Waals surface area contributed by atoms with Gasteiger partial charge in [-0.2, -0.15) is 0 Å². The molecule has 2 fully saturated rings. The van der Waals surface area contributed by atoms with Gasteiger partial charge in [-0.3, -0.25) is 0 Å². The lowest BCUT2D eigenvalue weighted by Gasteiger charge is -2.44. The summed E-state index contributed by atoms with van der Waals surface area (Å²) in [6.07, 6.45) is 17.3. The molecular formula is C27H42. The summed E-state index contributed by atoms with van der Waals surface area (Å²) in [5.41, 5.74) is 4.61. The van der Waals surface area contributed by atoms with Gasteiger partial charge >= 0.3 is 0 Å². The van der Waals surface area contributed by atoms with Crippen LogP contribution in [0.2, 0.25) is 0 Å². The Labute approximate surface area is 168 Å². The van der Waals surface area contributed by atoms with Crippen molar-refractivity contribution in [3.05, 3.63) is 35.4 Å². The van der Waals surface area contributed by atoms with Crippen LogP contribution in [-0.2, 0) is 10.8 Å². The molecule has 3 aliphatic carbocycles. The second-order valence-corrected chi connectivity index (χ2v) is 11.5. The van der Waals surface area contributed by atoms with Crippen LogP contribution in [0.5, 0.6) is 0 Å². The highest BCUT2D eigenvalue weighted by Crippen LogP contribution is 2.59. The second-order valence-electron chi connectivity index (χ2n) is 11.5. The fourth-order valence-corrected chi connectivity index (χ4v) is 7.80. The summed E-state index contributed by atoms with van der Waals surface area (Å²) in [6.45, 7) is 10.4. The smallest absolute Gasteiger partial charge is 0.00357 e. The standard InChI is InChI=1S/C27H42/c1-25(2,21-13-7-5-8-14-21)19-26(3)20-27(4,22-15-9-6-10-16-22)24-18-12-11-17-23(24)26/h11-12,17-18,21-22H,5-10,13-16,19-20H2,1-4H3. The van der Waals surface area contributed by atoms with E-state index in [9.17, 15) is 0 Å². The van der Waals surface area contributed by atoms with Crippen LogP contribution in [0.1, 0.15) is 116 Å². The molecular weight excluding hydrogens is 324 g/mol. The predicted molar refractivity (Wildman–Crippen MR) is 117 cm³/mol. The number of hydrogen-bond donors (Lipinski definition) is 0. The van der Waals surface area contributed by atoms with Crippen molar-refractivity contribution in [2.75, 3.05) is 0 Å². The molecule has 0 heterocycles. The van der Waals surface area contributed by atoms with Crippen LogP contribution in [0.3, 0.4) is 0 Å². The minimum absolute atomic E-state index is 0.351. The van der Waals surface area contributed by atoms with E-state index in [2.05, 4.69) is 52.0 Å². The molecule has 0 bridgehead atoms. The molecule has 0 spiro atoms. The topological polar surface area (TPSA) is 0 Å². The average molecular weight is 367 g/mol. The monoisotopic (exact) mass is 366 g/mol. The van der Waals surface area contributed by atoms with E-state index in [4.69, 9.17) is 0 Å².